The number of aromatic amines is 1. The second-order valence-electron chi connectivity index (χ2n) is 9.96. The molecule has 0 unspecified atom stereocenters. The third-order valence-corrected chi connectivity index (χ3v) is 6.35. The molecule has 10 heteroatoms. The summed E-state index contributed by atoms with van der Waals surface area (Å²) >= 11 is 0. The molecule has 0 saturated heterocycles. The smallest absolute Gasteiger partial charge is 0.418 e. The maximum atomic E-state index is 13.9. The predicted molar refractivity (Wildman–Crippen MR) is 126 cm³/mol. The number of aryl methyl sites for hydroxylation is 1. The number of amides is 1. The Morgan fingerprint density at radius 3 is 2.39 bits per heavy atom. The maximum absolute atomic E-state index is 13.9. The molecule has 0 fully saturated rings. The molecule has 3 aromatic rings. The van der Waals surface area contributed by atoms with Crippen molar-refractivity contribution < 1.29 is 31.9 Å². The molecule has 1 aliphatic rings. The van der Waals surface area contributed by atoms with Crippen molar-refractivity contribution in [2.75, 3.05) is 6.54 Å². The molecule has 36 heavy (non-hydrogen) atoms. The fourth-order valence-electron chi connectivity index (χ4n) is 4.73. The van der Waals surface area contributed by atoms with E-state index in [4.69, 9.17) is 4.74 Å². The van der Waals surface area contributed by atoms with E-state index in [0.717, 1.165) is 6.07 Å². The van der Waals surface area contributed by atoms with Gasteiger partial charge in [0.2, 0.25) is 0 Å². The van der Waals surface area contributed by atoms with Gasteiger partial charge in [0.1, 0.15) is 11.4 Å². The summed E-state index contributed by atoms with van der Waals surface area (Å²) in [7, 11) is 0. The van der Waals surface area contributed by atoms with Crippen LogP contribution in [0.25, 0.3) is 11.1 Å². The Morgan fingerprint density at radius 2 is 1.81 bits per heavy atom. The van der Waals surface area contributed by atoms with E-state index < -0.39 is 41.0 Å². The molecular formula is C26H27F4N3O3. The number of aromatic nitrogens is 2. The van der Waals surface area contributed by atoms with Crippen LogP contribution in [0.5, 0.6) is 0 Å². The van der Waals surface area contributed by atoms with Crippen LogP contribution >= 0.6 is 0 Å². The summed E-state index contributed by atoms with van der Waals surface area (Å²) in [6.07, 6.45) is -3.88. The molecule has 0 saturated carbocycles. The van der Waals surface area contributed by atoms with E-state index in [1.165, 1.54) is 40.7 Å². The van der Waals surface area contributed by atoms with Crippen LogP contribution < -0.4 is 0 Å². The normalized spacial score (nSPS) is 15.9. The molecule has 1 N–H and O–H groups in total. The Balaban J connectivity index is 1.99. The van der Waals surface area contributed by atoms with E-state index in [-0.39, 0.29) is 45.7 Å². The lowest BCUT2D eigenvalue weighted by Gasteiger charge is -2.31. The number of allylic oxidation sites excluding steroid dienone is 1. The molecule has 192 valence electrons. The number of carbonyl (C=O) groups excluding carboxylic acids is 2. The molecule has 4 rings (SSSR count). The van der Waals surface area contributed by atoms with E-state index in [1.807, 2.05) is 0 Å². The molecule has 0 spiro atoms. The first-order valence-corrected chi connectivity index (χ1v) is 11.4. The fraction of sp³-hybridized carbons (Fsp3) is 0.385. The molecule has 0 aliphatic carbocycles. The first-order valence-electron chi connectivity index (χ1n) is 11.4. The zero-order valence-electron chi connectivity index (χ0n) is 20.8. The quantitative estimate of drug-likeness (QED) is 0.359. The molecule has 6 nitrogen and oxygen atoms in total. The molecule has 1 amide bonds. The van der Waals surface area contributed by atoms with Crippen molar-refractivity contribution in [3.05, 3.63) is 69.9 Å². The number of halogens is 4. The van der Waals surface area contributed by atoms with E-state index >= 15 is 0 Å². The Morgan fingerprint density at radius 1 is 1.14 bits per heavy atom. The molecular weight excluding hydrogens is 478 g/mol. The minimum Gasteiger partial charge on any atom is -0.459 e. The predicted octanol–water partition coefficient (Wildman–Crippen LogP) is 5.85. The fourth-order valence-corrected chi connectivity index (χ4v) is 4.73. The number of hydrogen-bond donors (Lipinski definition) is 1. The van der Waals surface area contributed by atoms with E-state index in [1.54, 1.807) is 34.6 Å². The number of rotatable bonds is 3. The number of carbonyl (C=O) groups is 2. The zero-order chi connectivity index (χ0) is 26.7. The van der Waals surface area contributed by atoms with Crippen molar-refractivity contribution in [2.45, 2.75) is 59.2 Å². The second kappa shape index (κ2) is 8.53. The van der Waals surface area contributed by atoms with Crippen molar-refractivity contribution >= 4 is 23.0 Å². The second-order valence-corrected chi connectivity index (χ2v) is 9.96. The minimum atomic E-state index is -4.63. The molecule has 0 radical (unpaired) electrons. The molecule has 1 aliphatic heterocycles. The number of alkyl halides is 3. The highest BCUT2D eigenvalue weighted by Gasteiger charge is 2.44. The van der Waals surface area contributed by atoms with Gasteiger partial charge < -0.3 is 9.64 Å². The standard InChI is InChI=1S/C26H27F4N3O3/c1-13(2)36-24(35)19-15(4)32(23(34)16-7-8-18(27)14(3)11-16)12-25(5,6)20-21(19)31-33-10-9-17(22(20)33)26(28,29)30/h7-11,13,31H,12H2,1-6H3. The highest BCUT2D eigenvalue weighted by atomic mass is 19.4. The van der Waals surface area contributed by atoms with Crippen LogP contribution in [-0.4, -0.2) is 39.0 Å². The van der Waals surface area contributed by atoms with Crippen molar-refractivity contribution in [1.29, 1.82) is 0 Å². The zero-order valence-corrected chi connectivity index (χ0v) is 20.8. The van der Waals surface area contributed by atoms with Crippen molar-refractivity contribution in [2.24, 2.45) is 0 Å². The van der Waals surface area contributed by atoms with Gasteiger partial charge in [0, 0.05) is 35.0 Å². The summed E-state index contributed by atoms with van der Waals surface area (Å²) in [6.45, 7) is 9.79. The number of nitrogens with zero attached hydrogens (tertiary/aromatic N) is 2. The van der Waals surface area contributed by atoms with Crippen LogP contribution in [0, 0.1) is 12.7 Å². The summed E-state index contributed by atoms with van der Waals surface area (Å²) in [6, 6.07) is 4.90. The average Bonchev–Trinajstić information content (AvgIpc) is 3.29. The van der Waals surface area contributed by atoms with E-state index in [2.05, 4.69) is 5.10 Å². The Hall–Kier alpha value is -3.56. The number of hydrogen-bond acceptors (Lipinski definition) is 3. The van der Waals surface area contributed by atoms with Gasteiger partial charge in [-0.3, -0.25) is 14.4 Å². The number of nitrogens with one attached hydrogen (secondary N) is 1. The molecule has 0 atom stereocenters. The van der Waals surface area contributed by atoms with Crippen LogP contribution in [0.3, 0.4) is 0 Å². The number of benzene rings is 1. The first kappa shape index (κ1) is 25.5. The van der Waals surface area contributed by atoms with Gasteiger partial charge in [0.05, 0.1) is 22.9 Å². The largest absolute Gasteiger partial charge is 0.459 e. The lowest BCUT2D eigenvalue weighted by Crippen LogP contribution is -2.39. The summed E-state index contributed by atoms with van der Waals surface area (Å²) in [4.78, 5) is 28.3. The third-order valence-electron chi connectivity index (χ3n) is 6.35. The topological polar surface area (TPSA) is 66.8 Å². The van der Waals surface area contributed by atoms with Gasteiger partial charge in [-0.2, -0.15) is 13.2 Å². The Bertz CT molecular complexity index is 1410. The van der Waals surface area contributed by atoms with E-state index in [9.17, 15) is 27.2 Å². The van der Waals surface area contributed by atoms with Gasteiger partial charge in [0.15, 0.2) is 0 Å². The van der Waals surface area contributed by atoms with Crippen LogP contribution in [0.2, 0.25) is 0 Å². The minimum absolute atomic E-state index is 0.0322. The van der Waals surface area contributed by atoms with Crippen LogP contribution in [0.1, 0.15) is 67.4 Å². The highest BCUT2D eigenvalue weighted by Crippen LogP contribution is 2.44. The number of fused-ring (bicyclic) bond motifs is 3. The summed E-state index contributed by atoms with van der Waals surface area (Å²) in [5.41, 5.74) is -0.934. The van der Waals surface area contributed by atoms with Crippen molar-refractivity contribution in [3.8, 4) is 0 Å². The lowest BCUT2D eigenvalue weighted by molar-refractivity contribution is -0.140. The van der Waals surface area contributed by atoms with Gasteiger partial charge in [-0.25, -0.2) is 9.18 Å². The van der Waals surface area contributed by atoms with Crippen LogP contribution in [0.4, 0.5) is 17.6 Å². The average molecular weight is 506 g/mol. The van der Waals surface area contributed by atoms with E-state index in [0.29, 0.717) is 0 Å². The van der Waals surface area contributed by atoms with Crippen LogP contribution in [0.15, 0.2) is 36.2 Å². The molecule has 0 bridgehead atoms. The Labute approximate surface area is 205 Å². The van der Waals surface area contributed by atoms with Gasteiger partial charge in [-0.15, -0.1) is 0 Å². The number of H-pyrrole nitrogens is 1. The third kappa shape index (κ3) is 4.18. The molecule has 3 heterocycles. The molecule has 1 aromatic carbocycles. The Kier molecular flexibility index (Phi) is 6.05. The number of ether oxygens (including phenoxy) is 1. The summed E-state index contributed by atoms with van der Waals surface area (Å²) in [5.74, 6) is -1.75. The molecule has 2 aromatic heterocycles. The summed E-state index contributed by atoms with van der Waals surface area (Å²) in [5, 5.41) is 2.93. The monoisotopic (exact) mass is 505 g/mol. The first-order chi connectivity index (χ1) is 16.6. The maximum Gasteiger partial charge on any atom is 0.418 e. The van der Waals surface area contributed by atoms with Gasteiger partial charge in [0.25, 0.3) is 5.91 Å². The summed E-state index contributed by atoms with van der Waals surface area (Å²) < 4.78 is 62.3. The lowest BCUT2D eigenvalue weighted by atomic mass is 9.82. The van der Waals surface area contributed by atoms with Gasteiger partial charge in [-0.1, -0.05) is 13.8 Å². The number of esters is 1. The van der Waals surface area contributed by atoms with Crippen molar-refractivity contribution in [1.82, 2.24) is 14.5 Å². The van der Waals surface area contributed by atoms with Gasteiger partial charge >= 0.3 is 12.1 Å². The van der Waals surface area contributed by atoms with Crippen molar-refractivity contribution in [3.63, 3.8) is 0 Å². The highest BCUT2D eigenvalue weighted by molar-refractivity contribution is 6.18. The van der Waals surface area contributed by atoms with Crippen LogP contribution in [-0.2, 0) is 21.1 Å². The van der Waals surface area contributed by atoms with Gasteiger partial charge in [-0.05, 0) is 57.5 Å². The SMILES string of the molecule is CC1=C(C(=O)OC(C)C)c2[nH]n3ccc(C(F)(F)F)c3c2C(C)(C)CN1C(=O)c1ccc(F)c(C)c1.